The molecular weight excluding hydrogens is 499 g/mol. The highest BCUT2D eigenvalue weighted by molar-refractivity contribution is 5.89. The molecule has 3 N–H and O–H groups in total. The van der Waals surface area contributed by atoms with E-state index < -0.39 is 12.1 Å². The number of aryl methyl sites for hydroxylation is 1. The number of aromatic nitrogens is 4. The van der Waals surface area contributed by atoms with Crippen LogP contribution in [-0.2, 0) is 4.79 Å². The van der Waals surface area contributed by atoms with E-state index in [1.807, 2.05) is 19.9 Å². The Morgan fingerprint density at radius 1 is 0.973 bits per heavy atom. The molecule has 0 bridgehead atoms. The number of ether oxygens (including phenoxy) is 3. The standard InChI is InChI=1S/C21H21N5O4.C2HF3O2/c1-5-30-15-8-6-7-12-18(15)24-21(25-19(12)27)26-20-22-11(2)13-9-16(28-3)17(29-4)10-14(13)23-20;3-2(4,5)1(6)7/h6-10H,5H2,1-4H3,(H2,22,23,24,25,26,27);(H,6,7). The SMILES string of the molecule is CCOc1cccc2c(O)nc(Nc3nc(C)c4cc(OC)c(OC)cc4n3)nc12.O=C(O)C(F)(F)F. The van der Waals surface area contributed by atoms with Crippen molar-refractivity contribution >= 4 is 39.7 Å². The number of nitrogens with zero attached hydrogens (tertiary/aromatic N) is 4. The number of aliphatic carboxylic acids is 1. The fourth-order valence-corrected chi connectivity index (χ4v) is 3.20. The maximum absolute atomic E-state index is 10.6. The molecule has 2 aromatic heterocycles. The molecule has 4 aromatic rings. The predicted molar refractivity (Wildman–Crippen MR) is 127 cm³/mol. The highest BCUT2D eigenvalue weighted by atomic mass is 19.4. The number of aromatic hydroxyl groups is 1. The van der Waals surface area contributed by atoms with Crippen molar-refractivity contribution in [3.63, 3.8) is 0 Å². The van der Waals surface area contributed by atoms with E-state index in [1.54, 1.807) is 38.5 Å². The zero-order valence-corrected chi connectivity index (χ0v) is 20.0. The molecule has 0 saturated carbocycles. The van der Waals surface area contributed by atoms with Crippen LogP contribution < -0.4 is 19.5 Å². The molecule has 0 spiro atoms. The normalized spacial score (nSPS) is 11.0. The smallest absolute Gasteiger partial charge is 0.490 e. The Labute approximate surface area is 207 Å². The number of para-hydroxylation sites is 1. The third kappa shape index (κ3) is 6.15. The van der Waals surface area contributed by atoms with E-state index in [4.69, 9.17) is 24.1 Å². The average Bonchev–Trinajstić information content (AvgIpc) is 2.84. The molecule has 11 nitrogen and oxygen atoms in total. The molecule has 4 rings (SSSR count). The van der Waals surface area contributed by atoms with Crippen LogP contribution in [0.4, 0.5) is 25.1 Å². The summed E-state index contributed by atoms with van der Waals surface area (Å²) in [6.45, 7) is 4.23. The number of hydrogen-bond acceptors (Lipinski definition) is 10. The number of hydrogen-bond donors (Lipinski definition) is 3. The van der Waals surface area contributed by atoms with Gasteiger partial charge < -0.3 is 24.4 Å². The van der Waals surface area contributed by atoms with Gasteiger partial charge in [-0.3, -0.25) is 5.32 Å². The third-order valence-electron chi connectivity index (χ3n) is 4.83. The predicted octanol–water partition coefficient (Wildman–Crippen LogP) is 4.38. The van der Waals surface area contributed by atoms with Gasteiger partial charge in [0.1, 0.15) is 11.3 Å². The lowest BCUT2D eigenvalue weighted by Crippen LogP contribution is -2.21. The number of benzene rings is 2. The van der Waals surface area contributed by atoms with Gasteiger partial charge in [-0.1, -0.05) is 6.07 Å². The third-order valence-corrected chi connectivity index (χ3v) is 4.83. The average molecular weight is 521 g/mol. The molecule has 0 aliphatic carbocycles. The minimum absolute atomic E-state index is 0.159. The van der Waals surface area contributed by atoms with Crippen molar-refractivity contribution in [2.24, 2.45) is 0 Å². The number of rotatable bonds is 6. The number of nitrogens with one attached hydrogen (secondary N) is 1. The van der Waals surface area contributed by atoms with Crippen LogP contribution >= 0.6 is 0 Å². The molecular formula is C23H22F3N5O6. The lowest BCUT2D eigenvalue weighted by atomic mass is 10.1. The number of alkyl halides is 3. The van der Waals surface area contributed by atoms with E-state index >= 15 is 0 Å². The molecule has 14 heteroatoms. The van der Waals surface area contributed by atoms with Crippen LogP contribution in [0, 0.1) is 6.92 Å². The highest BCUT2D eigenvalue weighted by Gasteiger charge is 2.38. The molecule has 0 radical (unpaired) electrons. The summed E-state index contributed by atoms with van der Waals surface area (Å²) < 4.78 is 48.1. The maximum Gasteiger partial charge on any atom is 0.490 e. The summed E-state index contributed by atoms with van der Waals surface area (Å²) in [6.07, 6.45) is -5.08. The second-order valence-electron chi connectivity index (χ2n) is 7.24. The minimum Gasteiger partial charge on any atom is -0.493 e. The summed E-state index contributed by atoms with van der Waals surface area (Å²) in [6, 6.07) is 8.91. The monoisotopic (exact) mass is 521 g/mol. The summed E-state index contributed by atoms with van der Waals surface area (Å²) in [5.41, 5.74) is 1.91. The summed E-state index contributed by atoms with van der Waals surface area (Å²) in [5.74, 6) is -0.742. The van der Waals surface area contributed by atoms with Crippen LogP contribution in [0.5, 0.6) is 23.1 Å². The van der Waals surface area contributed by atoms with Crippen LogP contribution in [0.3, 0.4) is 0 Å². The summed E-state index contributed by atoms with van der Waals surface area (Å²) in [4.78, 5) is 26.5. The summed E-state index contributed by atoms with van der Waals surface area (Å²) in [5, 5.41) is 21.8. The topological polar surface area (TPSA) is 149 Å². The Bertz CT molecular complexity index is 1450. The second-order valence-corrected chi connectivity index (χ2v) is 7.24. The highest BCUT2D eigenvalue weighted by Crippen LogP contribution is 2.34. The quantitative estimate of drug-likeness (QED) is 0.332. The lowest BCUT2D eigenvalue weighted by molar-refractivity contribution is -0.192. The zero-order chi connectivity index (χ0) is 27.3. The van der Waals surface area contributed by atoms with Crippen LogP contribution in [-0.4, -0.2) is 63.1 Å². The van der Waals surface area contributed by atoms with Crippen molar-refractivity contribution in [1.82, 2.24) is 19.9 Å². The van der Waals surface area contributed by atoms with Gasteiger partial charge in [0, 0.05) is 11.5 Å². The Kier molecular flexibility index (Phi) is 8.00. The van der Waals surface area contributed by atoms with Crippen LogP contribution in [0.25, 0.3) is 21.8 Å². The van der Waals surface area contributed by atoms with E-state index in [9.17, 15) is 18.3 Å². The van der Waals surface area contributed by atoms with Gasteiger partial charge in [0.15, 0.2) is 11.5 Å². The van der Waals surface area contributed by atoms with E-state index in [2.05, 4.69) is 25.3 Å². The van der Waals surface area contributed by atoms with Crippen molar-refractivity contribution in [1.29, 1.82) is 0 Å². The fraction of sp³-hybridized carbons (Fsp3) is 0.261. The molecule has 0 aliphatic rings. The van der Waals surface area contributed by atoms with Gasteiger partial charge in [-0.25, -0.2) is 19.7 Å². The van der Waals surface area contributed by atoms with Crippen LogP contribution in [0.15, 0.2) is 30.3 Å². The Morgan fingerprint density at radius 3 is 2.19 bits per heavy atom. The Hall–Kier alpha value is -4.62. The fourth-order valence-electron chi connectivity index (χ4n) is 3.20. The molecule has 0 saturated heterocycles. The molecule has 2 heterocycles. The minimum atomic E-state index is -5.08. The molecule has 0 atom stereocenters. The molecule has 2 aromatic carbocycles. The van der Waals surface area contributed by atoms with Crippen molar-refractivity contribution in [2.45, 2.75) is 20.0 Å². The number of fused-ring (bicyclic) bond motifs is 2. The first-order valence-corrected chi connectivity index (χ1v) is 10.6. The van der Waals surface area contributed by atoms with Gasteiger partial charge in [-0.05, 0) is 32.0 Å². The number of methoxy groups -OCH3 is 2. The second kappa shape index (κ2) is 11.0. The molecule has 0 aliphatic heterocycles. The Balaban J connectivity index is 0.000000479. The van der Waals surface area contributed by atoms with E-state index in [0.29, 0.717) is 46.2 Å². The first kappa shape index (κ1) is 27.0. The van der Waals surface area contributed by atoms with Crippen molar-refractivity contribution in [3.8, 4) is 23.1 Å². The van der Waals surface area contributed by atoms with Crippen molar-refractivity contribution in [3.05, 3.63) is 36.0 Å². The van der Waals surface area contributed by atoms with E-state index in [-0.39, 0.29) is 11.8 Å². The number of carboxylic acids is 1. The van der Waals surface area contributed by atoms with Gasteiger partial charge in [0.05, 0.1) is 37.4 Å². The summed E-state index contributed by atoms with van der Waals surface area (Å²) >= 11 is 0. The number of anilines is 2. The maximum atomic E-state index is 10.6. The number of halogens is 3. The first-order chi connectivity index (χ1) is 17.5. The van der Waals surface area contributed by atoms with Gasteiger partial charge in [-0.2, -0.15) is 18.2 Å². The van der Waals surface area contributed by atoms with E-state index in [0.717, 1.165) is 11.1 Å². The van der Waals surface area contributed by atoms with Crippen molar-refractivity contribution < 1.29 is 42.4 Å². The number of carbonyl (C=O) groups is 1. The largest absolute Gasteiger partial charge is 0.493 e. The van der Waals surface area contributed by atoms with Crippen molar-refractivity contribution in [2.75, 3.05) is 26.1 Å². The molecule has 0 amide bonds. The first-order valence-electron chi connectivity index (χ1n) is 10.6. The Morgan fingerprint density at radius 2 is 1.59 bits per heavy atom. The molecule has 37 heavy (non-hydrogen) atoms. The van der Waals surface area contributed by atoms with E-state index in [1.165, 1.54) is 0 Å². The van der Waals surface area contributed by atoms with Gasteiger partial charge >= 0.3 is 12.1 Å². The van der Waals surface area contributed by atoms with Crippen LogP contribution in [0.2, 0.25) is 0 Å². The molecule has 0 fully saturated rings. The van der Waals surface area contributed by atoms with Gasteiger partial charge in [0.25, 0.3) is 0 Å². The van der Waals surface area contributed by atoms with Gasteiger partial charge in [0.2, 0.25) is 17.8 Å². The van der Waals surface area contributed by atoms with Gasteiger partial charge in [-0.15, -0.1) is 0 Å². The molecule has 196 valence electrons. The summed E-state index contributed by atoms with van der Waals surface area (Å²) in [7, 11) is 3.15. The zero-order valence-electron chi connectivity index (χ0n) is 20.0. The number of carboxylic acid groups (broad SMARTS) is 1. The lowest BCUT2D eigenvalue weighted by Gasteiger charge is -2.12. The van der Waals surface area contributed by atoms with Crippen LogP contribution in [0.1, 0.15) is 12.6 Å². The molecule has 0 unspecified atom stereocenters.